The molecular weight excluding hydrogens is 392 g/mol. The van der Waals surface area contributed by atoms with Crippen molar-refractivity contribution >= 4 is 37.5 Å². The van der Waals surface area contributed by atoms with E-state index in [-0.39, 0.29) is 0 Å². The van der Waals surface area contributed by atoms with E-state index in [2.05, 4.69) is 119 Å². The highest BCUT2D eigenvalue weighted by Gasteiger charge is 2.09. The first-order valence-corrected chi connectivity index (χ1v) is 9.86. The van der Waals surface area contributed by atoms with E-state index in [0.717, 1.165) is 4.47 Å². The Labute approximate surface area is 167 Å². The maximum atomic E-state index is 3.68. The van der Waals surface area contributed by atoms with Gasteiger partial charge in [-0.3, -0.25) is 0 Å². The summed E-state index contributed by atoms with van der Waals surface area (Å²) in [5.41, 5.74) is 5.02. The van der Waals surface area contributed by atoms with Gasteiger partial charge in [0.2, 0.25) is 0 Å². The molecule has 5 aromatic rings. The molecule has 128 valence electrons. The second-order valence-corrected chi connectivity index (χ2v) is 7.60. The first kappa shape index (κ1) is 16.3. The fourth-order valence-corrected chi connectivity index (χ4v) is 4.32. The highest BCUT2D eigenvalue weighted by atomic mass is 79.9. The van der Waals surface area contributed by atoms with Crippen LogP contribution >= 0.6 is 15.9 Å². The van der Waals surface area contributed by atoms with E-state index < -0.39 is 0 Å². The third-order valence-corrected chi connectivity index (χ3v) is 5.84. The molecule has 1 heteroatoms. The molecule has 5 aromatic carbocycles. The minimum atomic E-state index is 1.13. The maximum absolute atomic E-state index is 3.68. The number of rotatable bonds is 2. The minimum Gasteiger partial charge on any atom is -0.0616 e. The fraction of sp³-hybridized carbons (Fsp3) is 0. The minimum absolute atomic E-state index is 1.13. The quantitative estimate of drug-likeness (QED) is 0.276. The van der Waals surface area contributed by atoms with Crippen LogP contribution in [0.15, 0.2) is 108 Å². The van der Waals surface area contributed by atoms with E-state index in [1.54, 1.807) is 0 Å². The molecule has 0 heterocycles. The standard InChI is InChI=1S/C26H17Br/c27-26-16-15-23(24-12-3-4-13-25(24)26)20-10-5-9-19(17-20)22-14-6-8-18-7-1-2-11-21(18)22/h1-17H. The van der Waals surface area contributed by atoms with E-state index in [4.69, 9.17) is 0 Å². The van der Waals surface area contributed by atoms with Crippen molar-refractivity contribution in [3.05, 3.63) is 108 Å². The Bertz CT molecular complexity index is 1280. The summed E-state index contributed by atoms with van der Waals surface area (Å²) in [5, 5.41) is 5.07. The van der Waals surface area contributed by atoms with Gasteiger partial charge >= 0.3 is 0 Å². The van der Waals surface area contributed by atoms with Crippen molar-refractivity contribution in [3.63, 3.8) is 0 Å². The van der Waals surface area contributed by atoms with Crippen molar-refractivity contribution in [3.8, 4) is 22.3 Å². The zero-order valence-corrected chi connectivity index (χ0v) is 16.3. The van der Waals surface area contributed by atoms with Gasteiger partial charge < -0.3 is 0 Å². The van der Waals surface area contributed by atoms with Crippen LogP contribution in [-0.2, 0) is 0 Å². The highest BCUT2D eigenvalue weighted by molar-refractivity contribution is 9.10. The first-order chi connectivity index (χ1) is 13.3. The smallest absolute Gasteiger partial charge is 0.0254 e. The molecule has 0 bridgehead atoms. The average Bonchev–Trinajstić information content (AvgIpc) is 2.74. The van der Waals surface area contributed by atoms with E-state index in [9.17, 15) is 0 Å². The van der Waals surface area contributed by atoms with Crippen molar-refractivity contribution in [2.24, 2.45) is 0 Å². The van der Waals surface area contributed by atoms with Gasteiger partial charge in [-0.05, 0) is 55.9 Å². The molecule has 27 heavy (non-hydrogen) atoms. The Hall–Kier alpha value is -2.90. The second-order valence-electron chi connectivity index (χ2n) is 6.75. The molecule has 0 aliphatic carbocycles. The Morgan fingerprint density at radius 3 is 1.85 bits per heavy atom. The molecule has 0 amide bonds. The van der Waals surface area contributed by atoms with Gasteiger partial charge in [-0.2, -0.15) is 0 Å². The largest absolute Gasteiger partial charge is 0.0616 e. The molecule has 0 spiro atoms. The van der Waals surface area contributed by atoms with Crippen LogP contribution in [0.1, 0.15) is 0 Å². The normalized spacial score (nSPS) is 11.1. The number of hydrogen-bond donors (Lipinski definition) is 0. The lowest BCUT2D eigenvalue weighted by Crippen LogP contribution is -1.85. The number of benzene rings is 5. The lowest BCUT2D eigenvalue weighted by Gasteiger charge is -2.12. The van der Waals surface area contributed by atoms with Crippen LogP contribution in [0.4, 0.5) is 0 Å². The monoisotopic (exact) mass is 408 g/mol. The summed E-state index contributed by atoms with van der Waals surface area (Å²) in [5.74, 6) is 0. The zero-order valence-electron chi connectivity index (χ0n) is 14.7. The molecule has 5 rings (SSSR count). The summed E-state index contributed by atoms with van der Waals surface area (Å²) in [7, 11) is 0. The Balaban J connectivity index is 1.73. The molecule has 0 aromatic heterocycles. The Kier molecular flexibility index (Phi) is 4.03. The average molecular weight is 409 g/mol. The summed E-state index contributed by atoms with van der Waals surface area (Å²) in [4.78, 5) is 0. The van der Waals surface area contributed by atoms with Crippen molar-refractivity contribution < 1.29 is 0 Å². The van der Waals surface area contributed by atoms with Crippen molar-refractivity contribution in [2.45, 2.75) is 0 Å². The Morgan fingerprint density at radius 2 is 1.04 bits per heavy atom. The third kappa shape index (κ3) is 2.85. The van der Waals surface area contributed by atoms with Crippen LogP contribution in [0.2, 0.25) is 0 Å². The summed E-state index contributed by atoms with van der Waals surface area (Å²) in [6, 6.07) is 36.8. The van der Waals surface area contributed by atoms with Crippen LogP contribution in [0.5, 0.6) is 0 Å². The lowest BCUT2D eigenvalue weighted by molar-refractivity contribution is 1.62. The van der Waals surface area contributed by atoms with E-state index in [1.165, 1.54) is 43.8 Å². The van der Waals surface area contributed by atoms with Crippen LogP contribution in [0.3, 0.4) is 0 Å². The predicted octanol–water partition coefficient (Wildman–Crippen LogP) is 8.09. The van der Waals surface area contributed by atoms with Gasteiger partial charge in [0, 0.05) is 4.47 Å². The van der Waals surface area contributed by atoms with Gasteiger partial charge in [-0.25, -0.2) is 0 Å². The van der Waals surface area contributed by atoms with Crippen molar-refractivity contribution in [1.82, 2.24) is 0 Å². The Morgan fingerprint density at radius 1 is 0.444 bits per heavy atom. The molecule has 0 radical (unpaired) electrons. The van der Waals surface area contributed by atoms with Crippen molar-refractivity contribution in [2.75, 3.05) is 0 Å². The van der Waals surface area contributed by atoms with Gasteiger partial charge in [-0.15, -0.1) is 0 Å². The lowest BCUT2D eigenvalue weighted by atomic mass is 9.93. The summed E-state index contributed by atoms with van der Waals surface area (Å²) in [6.45, 7) is 0. The van der Waals surface area contributed by atoms with Gasteiger partial charge in [0.05, 0.1) is 0 Å². The van der Waals surface area contributed by atoms with Crippen LogP contribution in [0, 0.1) is 0 Å². The number of hydrogen-bond acceptors (Lipinski definition) is 0. The molecule has 0 aliphatic heterocycles. The van der Waals surface area contributed by atoms with E-state index >= 15 is 0 Å². The molecular formula is C26H17Br. The zero-order chi connectivity index (χ0) is 18.2. The van der Waals surface area contributed by atoms with Gasteiger partial charge in [-0.1, -0.05) is 107 Å². The van der Waals surface area contributed by atoms with Gasteiger partial charge in [0.15, 0.2) is 0 Å². The highest BCUT2D eigenvalue weighted by Crippen LogP contribution is 2.36. The maximum Gasteiger partial charge on any atom is 0.0254 e. The van der Waals surface area contributed by atoms with Crippen LogP contribution < -0.4 is 0 Å². The van der Waals surface area contributed by atoms with Crippen molar-refractivity contribution in [1.29, 1.82) is 0 Å². The molecule has 0 atom stereocenters. The van der Waals surface area contributed by atoms with E-state index in [1.807, 2.05) is 0 Å². The van der Waals surface area contributed by atoms with Gasteiger partial charge in [0.25, 0.3) is 0 Å². The topological polar surface area (TPSA) is 0 Å². The first-order valence-electron chi connectivity index (χ1n) is 9.07. The third-order valence-electron chi connectivity index (χ3n) is 5.15. The molecule has 0 saturated carbocycles. The molecule has 0 aliphatic rings. The van der Waals surface area contributed by atoms with E-state index in [0.29, 0.717) is 0 Å². The number of halogens is 1. The fourth-order valence-electron chi connectivity index (χ4n) is 3.85. The summed E-state index contributed by atoms with van der Waals surface area (Å²) < 4.78 is 1.13. The molecule has 0 saturated heterocycles. The molecule has 0 nitrogen and oxygen atoms in total. The predicted molar refractivity (Wildman–Crippen MR) is 120 cm³/mol. The van der Waals surface area contributed by atoms with Gasteiger partial charge in [0.1, 0.15) is 0 Å². The van der Waals surface area contributed by atoms with Crippen LogP contribution in [0.25, 0.3) is 43.8 Å². The SMILES string of the molecule is Brc1ccc(-c2cccc(-c3cccc4ccccc34)c2)c2ccccc12. The summed E-state index contributed by atoms with van der Waals surface area (Å²) in [6.07, 6.45) is 0. The number of fused-ring (bicyclic) bond motifs is 2. The molecule has 0 N–H and O–H groups in total. The summed E-state index contributed by atoms with van der Waals surface area (Å²) >= 11 is 3.68. The second kappa shape index (κ2) is 6.68. The molecule has 0 fully saturated rings. The van der Waals surface area contributed by atoms with Crippen LogP contribution in [-0.4, -0.2) is 0 Å². The molecule has 0 unspecified atom stereocenters.